The molecule has 4 rings (SSSR count). The van der Waals surface area contributed by atoms with Gasteiger partial charge in [0, 0.05) is 28.4 Å². The van der Waals surface area contributed by atoms with Crippen molar-refractivity contribution in [2.75, 3.05) is 0 Å². The predicted octanol–water partition coefficient (Wildman–Crippen LogP) is 7.10. The van der Waals surface area contributed by atoms with Gasteiger partial charge in [-0.15, -0.1) is 0 Å². The van der Waals surface area contributed by atoms with Crippen molar-refractivity contribution in [3.05, 3.63) is 75.5 Å². The lowest BCUT2D eigenvalue weighted by atomic mass is 9.80. The van der Waals surface area contributed by atoms with Gasteiger partial charge in [0.2, 0.25) is 0 Å². The number of hydrogen-bond acceptors (Lipinski definition) is 5. The van der Waals surface area contributed by atoms with Crippen LogP contribution in [-0.4, -0.2) is 26.8 Å². The molecule has 0 saturated carbocycles. The van der Waals surface area contributed by atoms with Gasteiger partial charge < -0.3 is 19.9 Å². The normalized spacial score (nSPS) is 18.8. The maximum atomic E-state index is 13.4. The molecule has 0 radical (unpaired) electrons. The lowest BCUT2D eigenvalue weighted by molar-refractivity contribution is -0.164. The number of aliphatic hydroxyl groups is 2. The van der Waals surface area contributed by atoms with E-state index in [1.807, 2.05) is 45.2 Å². The highest BCUT2D eigenvalue weighted by atomic mass is 32.2. The number of esters is 1. The van der Waals surface area contributed by atoms with Crippen LogP contribution in [0.4, 0.5) is 0 Å². The third-order valence-corrected chi connectivity index (χ3v) is 8.56. The number of carbonyl (C=O) groups excluding carboxylic acids is 1. The maximum absolute atomic E-state index is 13.4. The van der Waals surface area contributed by atoms with E-state index < -0.39 is 11.6 Å². The minimum atomic E-state index is -0.771. The molecule has 1 unspecified atom stereocenters. The molecule has 0 aliphatic carbocycles. The topological polar surface area (TPSA) is 82.5 Å². The second-order valence-electron chi connectivity index (χ2n) is 11.2. The van der Waals surface area contributed by atoms with E-state index in [0.29, 0.717) is 12.8 Å². The van der Waals surface area contributed by atoms with Gasteiger partial charge in [-0.2, -0.15) is 0 Å². The van der Waals surface area contributed by atoms with Crippen LogP contribution in [0.3, 0.4) is 0 Å². The highest BCUT2D eigenvalue weighted by Gasteiger charge is 2.44. The molecule has 192 valence electrons. The van der Waals surface area contributed by atoms with E-state index in [2.05, 4.69) is 44.0 Å². The summed E-state index contributed by atoms with van der Waals surface area (Å²) in [4.78, 5) is 17.8. The van der Waals surface area contributed by atoms with Crippen molar-refractivity contribution >= 4 is 28.6 Å². The highest BCUT2D eigenvalue weighted by molar-refractivity contribution is 8.04. The molecule has 2 aromatic carbocycles. The number of thioether (sulfide) groups is 1. The number of H-pyrrole nitrogens is 1. The average Bonchev–Trinajstić information content (AvgIpc) is 3.29. The lowest BCUT2D eigenvalue weighted by Gasteiger charge is -2.40. The van der Waals surface area contributed by atoms with Crippen LogP contribution in [0.25, 0.3) is 10.9 Å². The van der Waals surface area contributed by atoms with Gasteiger partial charge >= 0.3 is 5.97 Å². The number of aromatic nitrogens is 1. The van der Waals surface area contributed by atoms with Crippen molar-refractivity contribution in [2.45, 2.75) is 83.3 Å². The molecule has 36 heavy (non-hydrogen) atoms. The van der Waals surface area contributed by atoms with Crippen molar-refractivity contribution < 1.29 is 19.7 Å². The number of ether oxygens (including phenoxy) is 1. The summed E-state index contributed by atoms with van der Waals surface area (Å²) in [5.74, 6) is -0.341. The molecule has 2 heterocycles. The minimum Gasteiger partial charge on any atom is -0.511 e. The molecule has 0 saturated heterocycles. The van der Waals surface area contributed by atoms with Gasteiger partial charge in [0.1, 0.15) is 16.3 Å². The van der Waals surface area contributed by atoms with E-state index in [4.69, 9.17) is 4.74 Å². The molecule has 0 amide bonds. The molecule has 1 atom stereocenters. The Bertz CT molecular complexity index is 1310. The third-order valence-electron chi connectivity index (χ3n) is 7.39. The summed E-state index contributed by atoms with van der Waals surface area (Å²) in [6, 6.07) is 12.3. The summed E-state index contributed by atoms with van der Waals surface area (Å²) in [6.45, 7) is 12.3. The summed E-state index contributed by atoms with van der Waals surface area (Å²) in [5, 5.41) is 22.1. The molecule has 1 aliphatic heterocycles. The first-order chi connectivity index (χ1) is 16.9. The molecule has 0 spiro atoms. The monoisotopic (exact) mass is 507 g/mol. The Hall–Kier alpha value is -2.70. The quantitative estimate of drug-likeness (QED) is 0.297. The number of rotatable bonds is 7. The number of fused-ring (bicyclic) bond motifs is 1. The van der Waals surface area contributed by atoms with Crippen LogP contribution in [0.2, 0.25) is 0 Å². The number of aliphatic hydroxyl groups excluding tert-OH is 2. The van der Waals surface area contributed by atoms with E-state index in [9.17, 15) is 15.0 Å². The van der Waals surface area contributed by atoms with Crippen LogP contribution in [0, 0.1) is 12.8 Å². The number of carbonyl (C=O) groups is 1. The van der Waals surface area contributed by atoms with Gasteiger partial charge in [-0.25, -0.2) is 4.79 Å². The Morgan fingerprint density at radius 1 is 1.17 bits per heavy atom. The SMILES string of the molecule is Cc1cc(SC2=C(O)CC(CCc3cccc4[nH]ccc34)(C(C)C)OC2=O)c(C(C)(C)C)cc1CO. The zero-order valence-corrected chi connectivity index (χ0v) is 22.9. The number of cyclic esters (lactones) is 1. The molecular weight excluding hydrogens is 470 g/mol. The Morgan fingerprint density at radius 2 is 1.92 bits per heavy atom. The number of aromatic amines is 1. The maximum Gasteiger partial charge on any atom is 0.349 e. The summed E-state index contributed by atoms with van der Waals surface area (Å²) in [7, 11) is 0. The van der Waals surface area contributed by atoms with Crippen LogP contribution >= 0.6 is 11.8 Å². The largest absolute Gasteiger partial charge is 0.511 e. The standard InChI is InChI=1S/C30H37NO4S/c1-18(2)30(12-10-20-8-7-9-24-22(20)11-13-31-24)16-25(33)27(28(34)35-30)36-26-14-19(3)21(17-32)15-23(26)29(4,5)6/h7-9,11,13-15,18,31-33H,10,12,16-17H2,1-6H3. The molecule has 0 bridgehead atoms. The molecule has 1 aromatic heterocycles. The molecule has 3 aromatic rings. The second kappa shape index (κ2) is 9.98. The van der Waals surface area contributed by atoms with Crippen molar-refractivity contribution in [3.63, 3.8) is 0 Å². The Balaban J connectivity index is 1.64. The van der Waals surface area contributed by atoms with Crippen molar-refractivity contribution in [3.8, 4) is 0 Å². The van der Waals surface area contributed by atoms with Crippen molar-refractivity contribution in [1.29, 1.82) is 0 Å². The summed E-state index contributed by atoms with van der Waals surface area (Å²) < 4.78 is 6.18. The molecule has 5 nitrogen and oxygen atoms in total. The Kier molecular flexibility index (Phi) is 7.31. The van der Waals surface area contributed by atoms with Gasteiger partial charge in [0.25, 0.3) is 0 Å². The highest BCUT2D eigenvalue weighted by Crippen LogP contribution is 2.45. The average molecular weight is 508 g/mol. The predicted molar refractivity (Wildman–Crippen MR) is 146 cm³/mol. The fraction of sp³-hybridized carbons (Fsp3) is 0.433. The van der Waals surface area contributed by atoms with Gasteiger partial charge in [-0.3, -0.25) is 0 Å². The van der Waals surface area contributed by atoms with Crippen LogP contribution in [-0.2, 0) is 28.0 Å². The number of benzene rings is 2. The van der Waals surface area contributed by atoms with E-state index in [0.717, 1.165) is 33.5 Å². The van der Waals surface area contributed by atoms with E-state index in [1.165, 1.54) is 22.7 Å². The fourth-order valence-corrected chi connectivity index (χ4v) is 6.24. The first kappa shape index (κ1) is 26.4. The molecule has 0 fully saturated rings. The van der Waals surface area contributed by atoms with Crippen LogP contribution in [0.15, 0.2) is 58.2 Å². The van der Waals surface area contributed by atoms with E-state index >= 15 is 0 Å². The smallest absolute Gasteiger partial charge is 0.349 e. The zero-order valence-electron chi connectivity index (χ0n) is 22.1. The summed E-state index contributed by atoms with van der Waals surface area (Å²) in [5.41, 5.74) is 4.16. The van der Waals surface area contributed by atoms with E-state index in [-0.39, 0.29) is 28.6 Å². The fourth-order valence-electron chi connectivity index (χ4n) is 4.99. The number of hydrogen-bond donors (Lipinski definition) is 3. The van der Waals surface area contributed by atoms with Crippen molar-refractivity contribution in [1.82, 2.24) is 4.98 Å². The summed E-state index contributed by atoms with van der Waals surface area (Å²) >= 11 is 1.27. The van der Waals surface area contributed by atoms with Crippen LogP contribution in [0.5, 0.6) is 0 Å². The second-order valence-corrected chi connectivity index (χ2v) is 12.3. The van der Waals surface area contributed by atoms with Gasteiger partial charge in [-0.05, 0) is 71.6 Å². The van der Waals surface area contributed by atoms with E-state index in [1.54, 1.807) is 0 Å². The van der Waals surface area contributed by atoms with Crippen LogP contribution in [0.1, 0.15) is 69.7 Å². The first-order valence-corrected chi connectivity index (χ1v) is 13.4. The molecule has 6 heteroatoms. The molecule has 3 N–H and O–H groups in total. The summed E-state index contributed by atoms with van der Waals surface area (Å²) in [6.07, 6.45) is 3.60. The first-order valence-electron chi connectivity index (χ1n) is 12.6. The Morgan fingerprint density at radius 3 is 2.56 bits per heavy atom. The third kappa shape index (κ3) is 5.07. The van der Waals surface area contributed by atoms with Gasteiger partial charge in [-0.1, -0.05) is 64.6 Å². The zero-order chi connectivity index (χ0) is 26.3. The van der Waals surface area contributed by atoms with Gasteiger partial charge in [0.05, 0.1) is 6.61 Å². The lowest BCUT2D eigenvalue weighted by Crippen LogP contribution is -2.44. The minimum absolute atomic E-state index is 0.0385. The van der Waals surface area contributed by atoms with Gasteiger partial charge in [0.15, 0.2) is 0 Å². The Labute approximate surface area is 218 Å². The van der Waals surface area contributed by atoms with Crippen molar-refractivity contribution in [2.24, 2.45) is 5.92 Å². The number of aryl methyl sites for hydroxylation is 2. The molecule has 1 aliphatic rings. The van der Waals surface area contributed by atoms with Crippen LogP contribution < -0.4 is 0 Å². The number of nitrogens with one attached hydrogen (secondary N) is 1. The molecular formula is C30H37NO4S.